The van der Waals surface area contributed by atoms with E-state index in [1.165, 1.54) is 6.92 Å². The normalized spacial score (nSPS) is 44.2. The van der Waals surface area contributed by atoms with Crippen molar-refractivity contribution in [3.05, 3.63) is 11.1 Å². The summed E-state index contributed by atoms with van der Waals surface area (Å²) in [5, 5.41) is 10.8. The second-order valence-electron chi connectivity index (χ2n) is 7.28. The quantitative estimate of drug-likeness (QED) is 0.592. The Morgan fingerprint density at radius 2 is 2.09 bits per heavy atom. The molecule has 3 aliphatic rings. The smallest absolute Gasteiger partial charge is 0.309 e. The number of hydrogen-bond acceptors (Lipinski definition) is 5. The van der Waals surface area contributed by atoms with Gasteiger partial charge in [-0.3, -0.25) is 9.59 Å². The second-order valence-corrected chi connectivity index (χ2v) is 7.28. The Labute approximate surface area is 130 Å². The summed E-state index contributed by atoms with van der Waals surface area (Å²) in [7, 11) is 0. The maximum Gasteiger partial charge on any atom is 0.309 e. The van der Waals surface area contributed by atoms with Crippen LogP contribution >= 0.6 is 0 Å². The maximum absolute atomic E-state index is 11.9. The summed E-state index contributed by atoms with van der Waals surface area (Å²) in [5.74, 6) is -0.384. The topological polar surface area (TPSA) is 72.8 Å². The van der Waals surface area contributed by atoms with Crippen LogP contribution in [0.3, 0.4) is 0 Å². The fourth-order valence-corrected chi connectivity index (χ4v) is 4.44. The molecule has 6 unspecified atom stereocenters. The van der Waals surface area contributed by atoms with Crippen molar-refractivity contribution in [3.63, 3.8) is 0 Å². The highest BCUT2D eigenvalue weighted by molar-refractivity contribution is 5.75. The van der Waals surface area contributed by atoms with Gasteiger partial charge in [-0.2, -0.15) is 0 Å². The lowest BCUT2D eigenvalue weighted by Crippen LogP contribution is -2.30. The summed E-state index contributed by atoms with van der Waals surface area (Å²) in [4.78, 5) is 23.2. The van der Waals surface area contributed by atoms with E-state index in [4.69, 9.17) is 9.47 Å². The highest BCUT2D eigenvalue weighted by Gasteiger charge is 2.52. The molecule has 1 aliphatic heterocycles. The van der Waals surface area contributed by atoms with Gasteiger partial charge in [0.05, 0.1) is 11.5 Å². The van der Waals surface area contributed by atoms with Crippen LogP contribution < -0.4 is 0 Å². The zero-order valence-electron chi connectivity index (χ0n) is 13.6. The third kappa shape index (κ3) is 2.35. The summed E-state index contributed by atoms with van der Waals surface area (Å²) in [6.07, 6.45) is 1.32. The van der Waals surface area contributed by atoms with Gasteiger partial charge in [0.2, 0.25) is 0 Å². The zero-order chi connectivity index (χ0) is 16.2. The molecule has 3 rings (SSSR count). The van der Waals surface area contributed by atoms with Crippen molar-refractivity contribution < 1.29 is 24.2 Å². The highest BCUT2D eigenvalue weighted by atomic mass is 16.6. The first-order valence-corrected chi connectivity index (χ1v) is 8.04. The number of hydrogen-bond donors (Lipinski definition) is 1. The maximum atomic E-state index is 11.9. The molecule has 0 amide bonds. The van der Waals surface area contributed by atoms with Crippen LogP contribution in [0.25, 0.3) is 0 Å². The van der Waals surface area contributed by atoms with Gasteiger partial charge in [-0.05, 0) is 36.8 Å². The predicted octanol–water partition coefficient (Wildman–Crippen LogP) is 1.98. The SMILES string of the molecule is CC(=O)OC1CC(C)(O)C2=C1C(C)CC1OC(=O)C(C)C1C2. The molecular weight excluding hydrogens is 284 g/mol. The van der Waals surface area contributed by atoms with E-state index in [1.54, 1.807) is 6.92 Å². The van der Waals surface area contributed by atoms with Gasteiger partial charge < -0.3 is 14.6 Å². The van der Waals surface area contributed by atoms with E-state index >= 15 is 0 Å². The average molecular weight is 308 g/mol. The van der Waals surface area contributed by atoms with Gasteiger partial charge in [0.1, 0.15) is 12.2 Å². The van der Waals surface area contributed by atoms with Crippen LogP contribution in [0.2, 0.25) is 0 Å². The molecule has 0 bridgehead atoms. The molecule has 0 aromatic carbocycles. The lowest BCUT2D eigenvalue weighted by Gasteiger charge is -2.26. The Bertz CT molecular complexity index is 547. The summed E-state index contributed by atoms with van der Waals surface area (Å²) in [5.41, 5.74) is 1.01. The van der Waals surface area contributed by atoms with E-state index in [1.807, 2.05) is 6.92 Å². The lowest BCUT2D eigenvalue weighted by molar-refractivity contribution is -0.145. The molecule has 5 heteroatoms. The number of carbonyl (C=O) groups excluding carboxylic acids is 2. The molecule has 1 N–H and O–H groups in total. The molecule has 1 fully saturated rings. The zero-order valence-corrected chi connectivity index (χ0v) is 13.6. The third-order valence-electron chi connectivity index (χ3n) is 5.55. The third-order valence-corrected chi connectivity index (χ3v) is 5.55. The van der Waals surface area contributed by atoms with Crippen LogP contribution in [0.1, 0.15) is 47.0 Å². The Hall–Kier alpha value is -1.36. The number of fused-ring (bicyclic) bond motifs is 1. The molecule has 0 spiro atoms. The summed E-state index contributed by atoms with van der Waals surface area (Å²) in [6.45, 7) is 7.14. The first kappa shape index (κ1) is 15.5. The molecule has 0 radical (unpaired) electrons. The van der Waals surface area contributed by atoms with Crippen LogP contribution in [-0.4, -0.2) is 34.9 Å². The van der Waals surface area contributed by atoms with Crippen molar-refractivity contribution in [2.75, 3.05) is 0 Å². The molecular formula is C17H24O5. The van der Waals surface area contributed by atoms with E-state index in [2.05, 4.69) is 6.92 Å². The minimum Gasteiger partial charge on any atom is -0.462 e. The molecule has 0 aromatic heterocycles. The summed E-state index contributed by atoms with van der Waals surface area (Å²) >= 11 is 0. The molecule has 0 aromatic rings. The molecule has 122 valence electrons. The Morgan fingerprint density at radius 1 is 1.41 bits per heavy atom. The standard InChI is InChI=1S/C17H24O5/c1-8-5-13-11(9(2)16(19)22-13)6-12-15(8)14(21-10(3)18)7-17(12,4)20/h8-9,11,13-14,20H,5-7H2,1-4H3. The van der Waals surface area contributed by atoms with E-state index in [9.17, 15) is 14.7 Å². The number of rotatable bonds is 1. The van der Waals surface area contributed by atoms with Crippen molar-refractivity contribution in [1.29, 1.82) is 0 Å². The van der Waals surface area contributed by atoms with Gasteiger partial charge in [0.15, 0.2) is 0 Å². The summed E-state index contributed by atoms with van der Waals surface area (Å²) in [6, 6.07) is 0. The number of esters is 2. The van der Waals surface area contributed by atoms with Crippen LogP contribution in [0, 0.1) is 17.8 Å². The molecule has 22 heavy (non-hydrogen) atoms. The van der Waals surface area contributed by atoms with Gasteiger partial charge in [-0.25, -0.2) is 0 Å². The fourth-order valence-electron chi connectivity index (χ4n) is 4.44. The van der Waals surface area contributed by atoms with E-state index in [0.29, 0.717) is 12.8 Å². The minimum absolute atomic E-state index is 0.100. The Kier molecular flexibility index (Phi) is 3.59. The first-order valence-electron chi connectivity index (χ1n) is 8.04. The number of carbonyl (C=O) groups is 2. The molecule has 5 nitrogen and oxygen atoms in total. The van der Waals surface area contributed by atoms with E-state index < -0.39 is 5.60 Å². The van der Waals surface area contributed by atoms with Crippen LogP contribution in [0.5, 0.6) is 0 Å². The Balaban J connectivity index is 1.98. The Morgan fingerprint density at radius 3 is 2.73 bits per heavy atom. The van der Waals surface area contributed by atoms with Crippen molar-refractivity contribution >= 4 is 11.9 Å². The largest absolute Gasteiger partial charge is 0.462 e. The van der Waals surface area contributed by atoms with Gasteiger partial charge >= 0.3 is 11.9 Å². The molecule has 1 heterocycles. The summed E-state index contributed by atoms with van der Waals surface area (Å²) < 4.78 is 11.0. The van der Waals surface area contributed by atoms with E-state index in [-0.39, 0.29) is 41.9 Å². The number of aliphatic hydroxyl groups is 1. The molecule has 0 saturated carbocycles. The first-order chi connectivity index (χ1) is 10.2. The molecule has 2 aliphatic carbocycles. The van der Waals surface area contributed by atoms with Gasteiger partial charge in [0, 0.05) is 19.3 Å². The van der Waals surface area contributed by atoms with Gasteiger partial charge in [-0.1, -0.05) is 13.8 Å². The monoisotopic (exact) mass is 308 g/mol. The number of ether oxygens (including phenoxy) is 2. The molecule has 6 atom stereocenters. The highest BCUT2D eigenvalue weighted by Crippen LogP contribution is 2.50. The van der Waals surface area contributed by atoms with Crippen LogP contribution in [0.4, 0.5) is 0 Å². The van der Waals surface area contributed by atoms with Crippen LogP contribution in [-0.2, 0) is 19.1 Å². The predicted molar refractivity (Wildman–Crippen MR) is 78.8 cm³/mol. The van der Waals surface area contributed by atoms with Crippen molar-refractivity contribution in [2.45, 2.75) is 64.8 Å². The van der Waals surface area contributed by atoms with Crippen LogP contribution in [0.15, 0.2) is 11.1 Å². The lowest BCUT2D eigenvalue weighted by atomic mass is 9.82. The average Bonchev–Trinajstić information content (AvgIpc) is 2.71. The second kappa shape index (κ2) is 5.08. The minimum atomic E-state index is -0.982. The van der Waals surface area contributed by atoms with Crippen molar-refractivity contribution in [1.82, 2.24) is 0 Å². The van der Waals surface area contributed by atoms with Crippen molar-refractivity contribution in [2.24, 2.45) is 17.8 Å². The fraction of sp³-hybridized carbons (Fsp3) is 0.765. The van der Waals surface area contributed by atoms with Crippen molar-refractivity contribution in [3.8, 4) is 0 Å². The van der Waals surface area contributed by atoms with Gasteiger partial charge in [0.25, 0.3) is 0 Å². The molecule has 1 saturated heterocycles. The van der Waals surface area contributed by atoms with E-state index in [0.717, 1.165) is 17.6 Å². The van der Waals surface area contributed by atoms with Gasteiger partial charge in [-0.15, -0.1) is 0 Å².